The van der Waals surface area contributed by atoms with Gasteiger partial charge in [-0.2, -0.15) is 0 Å². The van der Waals surface area contributed by atoms with E-state index in [-0.39, 0.29) is 0 Å². The highest BCUT2D eigenvalue weighted by Crippen LogP contribution is 2.11. The molecule has 1 unspecified atom stereocenters. The van der Waals surface area contributed by atoms with Crippen LogP contribution in [0.4, 0.5) is 0 Å². The summed E-state index contributed by atoms with van der Waals surface area (Å²) in [5, 5.41) is 3.19. The van der Waals surface area contributed by atoms with Crippen LogP contribution in [0.5, 0.6) is 0 Å². The standard InChI is InChI=1S/C12H21NO2S/c1-4-13-7-11-5-6-12(15-11)9-16(14)8-10(2)3/h5-6,10,13H,4,7-9H2,1-3H3. The lowest BCUT2D eigenvalue weighted by molar-refractivity contribution is 0.461. The fourth-order valence-corrected chi connectivity index (χ4v) is 2.77. The van der Waals surface area contributed by atoms with Crippen LogP contribution in [0.2, 0.25) is 0 Å². The Morgan fingerprint density at radius 2 is 2.06 bits per heavy atom. The van der Waals surface area contributed by atoms with Gasteiger partial charge in [-0.15, -0.1) is 0 Å². The third kappa shape index (κ3) is 4.94. The molecule has 0 spiro atoms. The molecular formula is C12H21NO2S. The quantitative estimate of drug-likeness (QED) is 0.799. The van der Waals surface area contributed by atoms with Crippen LogP contribution in [-0.4, -0.2) is 16.5 Å². The van der Waals surface area contributed by atoms with Crippen LogP contribution in [0.3, 0.4) is 0 Å². The van der Waals surface area contributed by atoms with Crippen molar-refractivity contribution in [2.45, 2.75) is 33.1 Å². The SMILES string of the molecule is CCNCc1ccc(CS(=O)CC(C)C)o1. The average Bonchev–Trinajstić information content (AvgIpc) is 2.61. The zero-order chi connectivity index (χ0) is 12.0. The molecule has 1 atom stereocenters. The maximum atomic E-state index is 11.7. The van der Waals surface area contributed by atoms with Crippen molar-refractivity contribution >= 4 is 10.8 Å². The second-order valence-corrected chi connectivity index (χ2v) is 5.79. The molecule has 0 saturated carbocycles. The minimum Gasteiger partial charge on any atom is -0.464 e. The Morgan fingerprint density at radius 1 is 1.38 bits per heavy atom. The van der Waals surface area contributed by atoms with E-state index in [1.54, 1.807) is 0 Å². The monoisotopic (exact) mass is 243 g/mol. The molecule has 92 valence electrons. The minimum atomic E-state index is -0.808. The molecule has 0 fully saturated rings. The molecule has 1 heterocycles. The molecule has 0 saturated heterocycles. The number of rotatable bonds is 7. The largest absolute Gasteiger partial charge is 0.464 e. The van der Waals surface area contributed by atoms with Crippen molar-refractivity contribution < 1.29 is 8.63 Å². The third-order valence-electron chi connectivity index (χ3n) is 2.09. The fraction of sp³-hybridized carbons (Fsp3) is 0.667. The van der Waals surface area contributed by atoms with E-state index in [0.29, 0.717) is 11.7 Å². The van der Waals surface area contributed by atoms with E-state index < -0.39 is 10.8 Å². The van der Waals surface area contributed by atoms with Crippen LogP contribution in [0.1, 0.15) is 32.3 Å². The first-order chi connectivity index (χ1) is 7.61. The molecule has 16 heavy (non-hydrogen) atoms. The van der Waals surface area contributed by atoms with Gasteiger partial charge in [-0.05, 0) is 24.6 Å². The highest BCUT2D eigenvalue weighted by molar-refractivity contribution is 7.84. The summed E-state index contributed by atoms with van der Waals surface area (Å²) in [6.07, 6.45) is 0. The van der Waals surface area contributed by atoms with Crippen molar-refractivity contribution in [3.63, 3.8) is 0 Å². The van der Waals surface area contributed by atoms with E-state index in [1.807, 2.05) is 12.1 Å². The van der Waals surface area contributed by atoms with Gasteiger partial charge in [0, 0.05) is 16.6 Å². The van der Waals surface area contributed by atoms with Crippen molar-refractivity contribution in [2.24, 2.45) is 5.92 Å². The van der Waals surface area contributed by atoms with Gasteiger partial charge in [0.1, 0.15) is 11.5 Å². The molecule has 0 amide bonds. The predicted octanol–water partition coefficient (Wildman–Crippen LogP) is 2.29. The van der Waals surface area contributed by atoms with E-state index >= 15 is 0 Å². The highest BCUT2D eigenvalue weighted by atomic mass is 32.2. The summed E-state index contributed by atoms with van der Waals surface area (Å²) < 4.78 is 17.3. The van der Waals surface area contributed by atoms with Crippen molar-refractivity contribution in [2.75, 3.05) is 12.3 Å². The first-order valence-corrected chi connectivity index (χ1v) is 7.24. The first kappa shape index (κ1) is 13.5. The summed E-state index contributed by atoms with van der Waals surface area (Å²) in [6, 6.07) is 3.87. The smallest absolute Gasteiger partial charge is 0.118 e. The zero-order valence-corrected chi connectivity index (χ0v) is 11.1. The summed E-state index contributed by atoms with van der Waals surface area (Å²) in [5.41, 5.74) is 0. The number of hydrogen-bond donors (Lipinski definition) is 1. The van der Waals surface area contributed by atoms with Gasteiger partial charge in [0.15, 0.2) is 0 Å². The normalized spacial score (nSPS) is 13.2. The molecule has 1 rings (SSSR count). The molecule has 3 nitrogen and oxygen atoms in total. The molecular weight excluding hydrogens is 222 g/mol. The molecule has 1 aromatic heterocycles. The Morgan fingerprint density at radius 3 is 2.69 bits per heavy atom. The van der Waals surface area contributed by atoms with E-state index in [4.69, 9.17) is 4.42 Å². The number of nitrogens with one attached hydrogen (secondary N) is 1. The van der Waals surface area contributed by atoms with Gasteiger partial charge in [0.2, 0.25) is 0 Å². The van der Waals surface area contributed by atoms with Crippen LogP contribution < -0.4 is 5.32 Å². The van der Waals surface area contributed by atoms with E-state index in [2.05, 4.69) is 26.1 Å². The van der Waals surface area contributed by atoms with Crippen LogP contribution in [0, 0.1) is 5.92 Å². The summed E-state index contributed by atoms with van der Waals surface area (Å²) >= 11 is 0. The lowest BCUT2D eigenvalue weighted by atomic mass is 10.3. The Kier molecular flexibility index (Phi) is 5.77. The van der Waals surface area contributed by atoms with E-state index in [9.17, 15) is 4.21 Å². The van der Waals surface area contributed by atoms with Crippen molar-refractivity contribution in [1.82, 2.24) is 5.32 Å². The average molecular weight is 243 g/mol. The third-order valence-corrected chi connectivity index (χ3v) is 3.73. The van der Waals surface area contributed by atoms with Gasteiger partial charge in [-0.3, -0.25) is 4.21 Å². The first-order valence-electron chi connectivity index (χ1n) is 5.75. The predicted molar refractivity (Wildman–Crippen MR) is 67.6 cm³/mol. The number of hydrogen-bond acceptors (Lipinski definition) is 3. The van der Waals surface area contributed by atoms with Crippen molar-refractivity contribution in [3.05, 3.63) is 23.7 Å². The second-order valence-electron chi connectivity index (χ2n) is 4.29. The van der Waals surface area contributed by atoms with E-state index in [1.165, 1.54) is 0 Å². The van der Waals surface area contributed by atoms with Gasteiger partial charge >= 0.3 is 0 Å². The van der Waals surface area contributed by atoms with Crippen LogP contribution >= 0.6 is 0 Å². The molecule has 4 heteroatoms. The summed E-state index contributed by atoms with van der Waals surface area (Å²) in [6.45, 7) is 7.89. The Bertz CT molecular complexity index is 334. The van der Waals surface area contributed by atoms with Gasteiger partial charge in [0.25, 0.3) is 0 Å². The number of furan rings is 1. The van der Waals surface area contributed by atoms with Gasteiger partial charge in [-0.1, -0.05) is 20.8 Å². The summed E-state index contributed by atoms with van der Waals surface area (Å²) in [4.78, 5) is 0. The molecule has 0 bridgehead atoms. The van der Waals surface area contributed by atoms with Crippen LogP contribution in [0.25, 0.3) is 0 Å². The Balaban J connectivity index is 2.42. The van der Waals surface area contributed by atoms with Crippen LogP contribution in [-0.2, 0) is 23.1 Å². The summed E-state index contributed by atoms with van der Waals surface area (Å²) in [7, 11) is -0.808. The van der Waals surface area contributed by atoms with Gasteiger partial charge in [0.05, 0.1) is 12.3 Å². The highest BCUT2D eigenvalue weighted by Gasteiger charge is 2.08. The molecule has 0 aromatic carbocycles. The Hall–Kier alpha value is -0.610. The summed E-state index contributed by atoms with van der Waals surface area (Å²) in [5.74, 6) is 3.48. The fourth-order valence-electron chi connectivity index (χ4n) is 1.43. The maximum Gasteiger partial charge on any atom is 0.118 e. The maximum absolute atomic E-state index is 11.7. The van der Waals surface area contributed by atoms with E-state index in [0.717, 1.165) is 30.4 Å². The molecule has 1 aromatic rings. The molecule has 0 aliphatic rings. The van der Waals surface area contributed by atoms with Crippen molar-refractivity contribution in [3.8, 4) is 0 Å². The van der Waals surface area contributed by atoms with Crippen LogP contribution in [0.15, 0.2) is 16.5 Å². The van der Waals surface area contributed by atoms with Gasteiger partial charge < -0.3 is 9.73 Å². The molecule has 0 aliphatic heterocycles. The van der Waals surface area contributed by atoms with Crippen molar-refractivity contribution in [1.29, 1.82) is 0 Å². The second kappa shape index (κ2) is 6.86. The lowest BCUT2D eigenvalue weighted by Gasteiger charge is -2.03. The topological polar surface area (TPSA) is 42.2 Å². The molecule has 0 aliphatic carbocycles. The Labute approximate surface area is 100 Å². The lowest BCUT2D eigenvalue weighted by Crippen LogP contribution is -2.10. The molecule has 1 N–H and O–H groups in total. The minimum absolute atomic E-state index is 0.469. The molecule has 0 radical (unpaired) electrons. The zero-order valence-electron chi connectivity index (χ0n) is 10.3. The van der Waals surface area contributed by atoms with Gasteiger partial charge in [-0.25, -0.2) is 0 Å².